The first-order valence-electron chi connectivity index (χ1n) is 8.86. The summed E-state index contributed by atoms with van der Waals surface area (Å²) < 4.78 is 53.0. The quantitative estimate of drug-likeness (QED) is 0.573. The van der Waals surface area contributed by atoms with E-state index in [0.29, 0.717) is 17.0 Å². The van der Waals surface area contributed by atoms with Crippen LogP contribution in [0.1, 0.15) is 11.6 Å². The van der Waals surface area contributed by atoms with E-state index in [9.17, 15) is 17.2 Å². The average Bonchev–Trinajstić information content (AvgIpc) is 2.68. The summed E-state index contributed by atoms with van der Waals surface area (Å²) in [6, 6.07) is 6.77. The molecule has 2 aromatic heterocycles. The summed E-state index contributed by atoms with van der Waals surface area (Å²) in [5.41, 5.74) is 6.77. The highest BCUT2D eigenvalue weighted by atomic mass is 79.9. The van der Waals surface area contributed by atoms with Crippen molar-refractivity contribution in [3.8, 4) is 0 Å². The van der Waals surface area contributed by atoms with Crippen molar-refractivity contribution in [1.82, 2.24) is 9.97 Å². The molecule has 4 rings (SSSR count). The van der Waals surface area contributed by atoms with Crippen LogP contribution in [0, 0.1) is 5.82 Å². The number of nitrogens with two attached hydrogens (primary N) is 1. The zero-order valence-corrected chi connectivity index (χ0v) is 17.8. The second kappa shape index (κ2) is 7.88. The van der Waals surface area contributed by atoms with Crippen molar-refractivity contribution < 1.29 is 17.2 Å². The molecule has 2 unspecified atom stereocenters. The van der Waals surface area contributed by atoms with Crippen LogP contribution < -0.4 is 11.1 Å². The number of alkyl halides is 1. The lowest BCUT2D eigenvalue weighted by atomic mass is 10.1. The molecule has 1 aromatic carbocycles. The molecule has 2 atom stereocenters. The molecule has 0 aliphatic carbocycles. The Labute approximate surface area is 179 Å². The molecular weight excluding hydrogens is 480 g/mol. The normalized spacial score (nSPS) is 20.7. The fourth-order valence-corrected chi connectivity index (χ4v) is 5.19. The maximum Gasteiger partial charge on any atom is 0.165 e. The van der Waals surface area contributed by atoms with Crippen LogP contribution in [0.5, 0.6) is 0 Å². The number of pyridine rings is 2. The summed E-state index contributed by atoms with van der Waals surface area (Å²) in [4.78, 5) is 12.7. The second-order valence-electron chi connectivity index (χ2n) is 6.79. The summed E-state index contributed by atoms with van der Waals surface area (Å²) in [6.07, 6.45) is 3.25. The van der Waals surface area contributed by atoms with Crippen molar-refractivity contribution in [2.45, 2.75) is 11.3 Å². The van der Waals surface area contributed by atoms with E-state index in [4.69, 9.17) is 5.73 Å². The van der Waals surface area contributed by atoms with Gasteiger partial charge in [-0.05, 0) is 46.3 Å². The van der Waals surface area contributed by atoms with Crippen molar-refractivity contribution in [1.29, 1.82) is 0 Å². The van der Waals surface area contributed by atoms with Gasteiger partial charge in [-0.2, -0.15) is 0 Å². The van der Waals surface area contributed by atoms with E-state index in [1.807, 2.05) is 6.07 Å². The van der Waals surface area contributed by atoms with Crippen molar-refractivity contribution in [2.24, 2.45) is 10.7 Å². The Kier molecular flexibility index (Phi) is 5.41. The Bertz CT molecular complexity index is 1270. The van der Waals surface area contributed by atoms with E-state index >= 15 is 0 Å². The van der Waals surface area contributed by atoms with E-state index in [-0.39, 0.29) is 11.4 Å². The van der Waals surface area contributed by atoms with Crippen molar-refractivity contribution in [2.75, 3.05) is 17.7 Å². The number of sulfone groups is 1. The first kappa shape index (κ1) is 20.6. The van der Waals surface area contributed by atoms with Gasteiger partial charge in [0.1, 0.15) is 29.1 Å². The zero-order chi connectivity index (χ0) is 21.5. The highest BCUT2D eigenvalue weighted by Gasteiger charge is 2.37. The molecule has 156 valence electrons. The standard InChI is InChI=1S/C19H16BrF2N5O2S/c20-11-5-10-3-4-24-19(17(10)25-8-11)26-12-1-2-14(22)13(6-12)15-9-30(28,29)16(7-21)18(23)27-15/h1-6,8,15-16H,7,9H2,(H2,23,27)(H,24,26). The van der Waals surface area contributed by atoms with Crippen LogP contribution in [0.2, 0.25) is 0 Å². The van der Waals surface area contributed by atoms with E-state index in [2.05, 4.69) is 36.2 Å². The molecule has 3 heterocycles. The van der Waals surface area contributed by atoms with Gasteiger partial charge in [0.15, 0.2) is 15.7 Å². The maximum atomic E-state index is 14.5. The lowest BCUT2D eigenvalue weighted by molar-refractivity contribution is 0.489. The van der Waals surface area contributed by atoms with Crippen LogP contribution in [-0.4, -0.2) is 41.9 Å². The van der Waals surface area contributed by atoms with Gasteiger partial charge in [-0.25, -0.2) is 22.2 Å². The first-order chi connectivity index (χ1) is 14.3. The lowest BCUT2D eigenvalue weighted by Gasteiger charge is -2.25. The molecular formula is C19H16BrF2N5O2S. The number of benzene rings is 1. The molecule has 0 saturated carbocycles. The number of halogens is 3. The number of amidine groups is 1. The molecule has 0 bridgehead atoms. The monoisotopic (exact) mass is 495 g/mol. The number of anilines is 2. The van der Waals surface area contributed by atoms with Crippen LogP contribution in [0.4, 0.5) is 20.3 Å². The number of hydrogen-bond donors (Lipinski definition) is 2. The van der Waals surface area contributed by atoms with Gasteiger partial charge < -0.3 is 11.1 Å². The van der Waals surface area contributed by atoms with Gasteiger partial charge in [-0.15, -0.1) is 0 Å². The average molecular weight is 496 g/mol. The topological polar surface area (TPSA) is 110 Å². The highest BCUT2D eigenvalue weighted by molar-refractivity contribution is 9.10. The van der Waals surface area contributed by atoms with Crippen molar-refractivity contribution >= 4 is 54.0 Å². The number of fused-ring (bicyclic) bond motifs is 1. The smallest absolute Gasteiger partial charge is 0.165 e. The van der Waals surface area contributed by atoms with Crippen molar-refractivity contribution in [3.63, 3.8) is 0 Å². The van der Waals surface area contributed by atoms with Gasteiger partial charge in [-0.1, -0.05) is 0 Å². The largest absolute Gasteiger partial charge is 0.386 e. The Morgan fingerprint density at radius 3 is 2.77 bits per heavy atom. The first-order valence-corrected chi connectivity index (χ1v) is 11.4. The number of rotatable bonds is 4. The summed E-state index contributed by atoms with van der Waals surface area (Å²) in [5.74, 6) is -1.06. The molecule has 30 heavy (non-hydrogen) atoms. The molecule has 3 N–H and O–H groups in total. The van der Waals surface area contributed by atoms with Crippen LogP contribution >= 0.6 is 15.9 Å². The Balaban J connectivity index is 1.71. The number of nitrogens with zero attached hydrogens (tertiary/aromatic N) is 3. The fourth-order valence-electron chi connectivity index (χ4n) is 3.29. The number of hydrogen-bond acceptors (Lipinski definition) is 7. The summed E-state index contributed by atoms with van der Waals surface area (Å²) in [5, 5.41) is 2.44. The van der Waals surface area contributed by atoms with Gasteiger partial charge in [0, 0.05) is 33.5 Å². The minimum absolute atomic E-state index is 0.0415. The Morgan fingerprint density at radius 2 is 2.03 bits per heavy atom. The molecule has 0 amide bonds. The molecule has 0 radical (unpaired) electrons. The Morgan fingerprint density at radius 1 is 1.23 bits per heavy atom. The molecule has 11 heteroatoms. The van der Waals surface area contributed by atoms with Gasteiger partial charge in [0.05, 0.1) is 11.8 Å². The molecule has 1 aliphatic rings. The maximum absolute atomic E-state index is 14.5. The SMILES string of the molecule is NC1=NC(c2cc(Nc3nccc4cc(Br)cnc34)ccc2F)CS(=O)(=O)C1CF. The molecule has 3 aromatic rings. The lowest BCUT2D eigenvalue weighted by Crippen LogP contribution is -2.44. The third kappa shape index (κ3) is 3.86. The summed E-state index contributed by atoms with van der Waals surface area (Å²) in [6.45, 7) is -1.16. The van der Waals surface area contributed by atoms with Crippen LogP contribution in [0.15, 0.2) is 52.2 Å². The summed E-state index contributed by atoms with van der Waals surface area (Å²) in [7, 11) is -3.89. The molecule has 1 aliphatic heterocycles. The number of aromatic nitrogens is 2. The second-order valence-corrected chi connectivity index (χ2v) is 9.93. The minimum Gasteiger partial charge on any atom is -0.386 e. The molecule has 0 spiro atoms. The zero-order valence-electron chi connectivity index (χ0n) is 15.4. The van der Waals surface area contributed by atoms with Crippen LogP contribution in [0.25, 0.3) is 10.9 Å². The molecule has 0 fully saturated rings. The predicted molar refractivity (Wildman–Crippen MR) is 115 cm³/mol. The van der Waals surface area contributed by atoms with Crippen molar-refractivity contribution in [3.05, 3.63) is 58.6 Å². The highest BCUT2D eigenvalue weighted by Crippen LogP contribution is 2.31. The molecule has 0 saturated heterocycles. The van der Waals surface area contributed by atoms with E-state index in [1.54, 1.807) is 18.5 Å². The van der Waals surface area contributed by atoms with E-state index < -0.39 is 39.4 Å². The van der Waals surface area contributed by atoms with Crippen LogP contribution in [0.3, 0.4) is 0 Å². The minimum atomic E-state index is -3.89. The Hall–Kier alpha value is -2.66. The van der Waals surface area contributed by atoms with E-state index in [1.165, 1.54) is 18.2 Å². The predicted octanol–water partition coefficient (Wildman–Crippen LogP) is 3.44. The molecule has 7 nitrogen and oxygen atoms in total. The van der Waals surface area contributed by atoms with Gasteiger partial charge >= 0.3 is 0 Å². The van der Waals surface area contributed by atoms with Gasteiger partial charge in [-0.3, -0.25) is 9.98 Å². The summed E-state index contributed by atoms with van der Waals surface area (Å²) >= 11 is 3.37. The van der Waals surface area contributed by atoms with E-state index in [0.717, 1.165) is 9.86 Å². The van der Waals surface area contributed by atoms with Crippen LogP contribution in [-0.2, 0) is 9.84 Å². The number of aliphatic imine (C=N–C) groups is 1. The van der Waals surface area contributed by atoms with Gasteiger partial charge in [0.2, 0.25) is 0 Å². The third-order valence-corrected chi connectivity index (χ3v) is 7.23. The number of nitrogens with one attached hydrogen (secondary N) is 1. The van der Waals surface area contributed by atoms with Gasteiger partial charge in [0.25, 0.3) is 0 Å². The third-order valence-electron chi connectivity index (χ3n) is 4.78. The fraction of sp³-hybridized carbons (Fsp3) is 0.211.